The normalized spacial score (nSPS) is 12.4. The fraction of sp³-hybridized carbons (Fsp3) is 0.0952. The molecule has 33 heavy (non-hydrogen) atoms. The molecular weight excluding hydrogens is 450 g/mol. The molecular formula is C21H15N5O6S. The van der Waals surface area contributed by atoms with Crippen LogP contribution in [0.1, 0.15) is 37.5 Å². The Labute approximate surface area is 190 Å². The van der Waals surface area contributed by atoms with Crippen LogP contribution in [0.25, 0.3) is 0 Å². The highest BCUT2D eigenvalue weighted by Gasteiger charge is 2.36. The van der Waals surface area contributed by atoms with E-state index in [1.54, 1.807) is 29.8 Å². The van der Waals surface area contributed by atoms with Gasteiger partial charge in [-0.1, -0.05) is 6.07 Å². The molecule has 0 aliphatic carbocycles. The number of fused-ring (bicyclic) bond motifs is 1. The Hall–Kier alpha value is -4.45. The first-order valence-corrected chi connectivity index (χ1v) is 10.5. The van der Waals surface area contributed by atoms with Crippen molar-refractivity contribution in [2.45, 2.75) is 6.42 Å². The lowest BCUT2D eigenvalue weighted by Crippen LogP contribution is -2.32. The van der Waals surface area contributed by atoms with Crippen molar-refractivity contribution in [1.29, 1.82) is 0 Å². The molecule has 4 rings (SSSR count). The Kier molecular flexibility index (Phi) is 5.91. The van der Waals surface area contributed by atoms with E-state index < -0.39 is 22.6 Å². The summed E-state index contributed by atoms with van der Waals surface area (Å²) in [5, 5.41) is 18.4. The highest BCUT2D eigenvalue weighted by Crippen LogP contribution is 2.27. The van der Waals surface area contributed by atoms with Gasteiger partial charge in [0.05, 0.1) is 16.1 Å². The first kappa shape index (κ1) is 21.8. The molecule has 11 nitrogen and oxygen atoms in total. The van der Waals surface area contributed by atoms with E-state index >= 15 is 0 Å². The van der Waals surface area contributed by atoms with Gasteiger partial charge in [0.25, 0.3) is 23.4 Å². The van der Waals surface area contributed by atoms with Crippen LogP contribution in [-0.2, 0) is 4.79 Å². The van der Waals surface area contributed by atoms with Crippen LogP contribution in [-0.4, -0.2) is 45.0 Å². The van der Waals surface area contributed by atoms with Crippen LogP contribution in [0, 0.1) is 10.1 Å². The van der Waals surface area contributed by atoms with Crippen LogP contribution < -0.4 is 10.6 Å². The first-order valence-electron chi connectivity index (χ1n) is 9.59. The summed E-state index contributed by atoms with van der Waals surface area (Å²) in [6.45, 7) is -0.198. The summed E-state index contributed by atoms with van der Waals surface area (Å²) in [6, 6.07) is 9.70. The molecule has 3 aromatic rings. The number of hydrogen-bond donors (Lipinski definition) is 2. The fourth-order valence-electron chi connectivity index (χ4n) is 3.22. The Balaban J connectivity index is 1.37. The second kappa shape index (κ2) is 8.96. The smallest absolute Gasteiger partial charge is 0.270 e. The number of anilines is 2. The van der Waals surface area contributed by atoms with Crippen molar-refractivity contribution in [2.24, 2.45) is 0 Å². The molecule has 0 saturated carbocycles. The number of rotatable bonds is 7. The van der Waals surface area contributed by atoms with E-state index in [4.69, 9.17) is 0 Å². The highest BCUT2D eigenvalue weighted by molar-refractivity contribution is 7.13. The number of amides is 4. The maximum atomic E-state index is 12.5. The van der Waals surface area contributed by atoms with Crippen LogP contribution >= 0.6 is 11.3 Å². The molecule has 0 unspecified atom stereocenters. The first-order chi connectivity index (χ1) is 15.8. The molecule has 166 valence electrons. The number of non-ortho nitro benzene ring substituents is 1. The maximum Gasteiger partial charge on any atom is 0.270 e. The molecule has 0 bridgehead atoms. The Morgan fingerprint density at radius 3 is 2.58 bits per heavy atom. The minimum Gasteiger partial charge on any atom is -0.326 e. The number of hydrogen-bond acceptors (Lipinski definition) is 8. The van der Waals surface area contributed by atoms with Crippen molar-refractivity contribution in [3.63, 3.8) is 0 Å². The number of thiazole rings is 1. The van der Waals surface area contributed by atoms with E-state index in [2.05, 4.69) is 15.6 Å². The number of nitro groups is 1. The van der Waals surface area contributed by atoms with E-state index in [0.717, 1.165) is 17.0 Å². The molecule has 2 aromatic carbocycles. The van der Waals surface area contributed by atoms with Crippen molar-refractivity contribution in [2.75, 3.05) is 17.2 Å². The van der Waals surface area contributed by atoms with Gasteiger partial charge in [-0.2, -0.15) is 0 Å². The van der Waals surface area contributed by atoms with Gasteiger partial charge in [0.1, 0.15) is 0 Å². The molecule has 0 fully saturated rings. The summed E-state index contributed by atoms with van der Waals surface area (Å²) < 4.78 is 0. The molecule has 0 atom stereocenters. The standard InChI is InChI=1S/C21H15N5O6S/c27-17(23-13-3-1-2-12(10-13)18(28)24-21-22-7-9-33-21)6-8-25-19(29)15-5-4-14(26(31)32)11-16(15)20(25)30/h1-5,7,9-11H,6,8H2,(H,23,27)(H,22,24,28). The predicted octanol–water partition coefficient (Wildman–Crippen LogP) is 2.93. The molecule has 4 amide bonds. The number of carbonyl (C=O) groups is 4. The maximum absolute atomic E-state index is 12.5. The molecule has 0 radical (unpaired) electrons. The highest BCUT2D eigenvalue weighted by atomic mass is 32.1. The second-order valence-corrected chi connectivity index (χ2v) is 7.81. The number of carbonyl (C=O) groups excluding carboxylic acids is 4. The third-order valence-corrected chi connectivity index (χ3v) is 5.48. The summed E-state index contributed by atoms with van der Waals surface area (Å²) in [7, 11) is 0. The van der Waals surface area contributed by atoms with Crippen LogP contribution in [0.15, 0.2) is 54.0 Å². The molecule has 1 aromatic heterocycles. The van der Waals surface area contributed by atoms with Gasteiger partial charge in [0.15, 0.2) is 5.13 Å². The SMILES string of the molecule is O=C(CCN1C(=O)c2ccc([N+](=O)[O-])cc2C1=O)Nc1cccc(C(=O)Nc2nccs2)c1. The number of benzene rings is 2. The van der Waals surface area contributed by atoms with E-state index in [1.807, 2.05) is 0 Å². The summed E-state index contributed by atoms with van der Waals surface area (Å²) in [6.07, 6.45) is 1.37. The Morgan fingerprint density at radius 2 is 1.85 bits per heavy atom. The van der Waals surface area contributed by atoms with Crippen molar-refractivity contribution < 1.29 is 24.1 Å². The Morgan fingerprint density at radius 1 is 1.06 bits per heavy atom. The van der Waals surface area contributed by atoms with E-state index in [9.17, 15) is 29.3 Å². The van der Waals surface area contributed by atoms with E-state index in [0.29, 0.717) is 16.4 Å². The average molecular weight is 465 g/mol. The minimum absolute atomic E-state index is 0.0601. The quantitative estimate of drug-likeness (QED) is 0.309. The zero-order valence-electron chi connectivity index (χ0n) is 16.8. The van der Waals surface area contributed by atoms with Crippen LogP contribution in [0.3, 0.4) is 0 Å². The third kappa shape index (κ3) is 4.60. The van der Waals surface area contributed by atoms with Crippen LogP contribution in [0.2, 0.25) is 0 Å². The summed E-state index contributed by atoms with van der Waals surface area (Å²) in [5.41, 5.74) is 0.376. The number of imide groups is 1. The van der Waals surface area contributed by atoms with Crippen molar-refractivity contribution in [3.8, 4) is 0 Å². The molecule has 2 N–H and O–H groups in total. The monoisotopic (exact) mass is 465 g/mol. The molecule has 2 heterocycles. The summed E-state index contributed by atoms with van der Waals surface area (Å²) in [4.78, 5) is 64.8. The zero-order valence-corrected chi connectivity index (χ0v) is 17.6. The summed E-state index contributed by atoms with van der Waals surface area (Å²) >= 11 is 1.27. The van der Waals surface area contributed by atoms with Crippen molar-refractivity contribution in [3.05, 3.63) is 80.8 Å². The largest absolute Gasteiger partial charge is 0.326 e. The van der Waals surface area contributed by atoms with E-state index in [-0.39, 0.29) is 35.7 Å². The molecule has 12 heteroatoms. The molecule has 1 aliphatic rings. The second-order valence-electron chi connectivity index (χ2n) is 6.92. The van der Waals surface area contributed by atoms with Crippen molar-refractivity contribution in [1.82, 2.24) is 9.88 Å². The number of aromatic nitrogens is 1. The van der Waals surface area contributed by atoms with Crippen molar-refractivity contribution >= 4 is 51.5 Å². The van der Waals surface area contributed by atoms with E-state index in [1.165, 1.54) is 23.5 Å². The number of nitrogens with zero attached hydrogens (tertiary/aromatic N) is 3. The van der Waals surface area contributed by atoms with Crippen LogP contribution in [0.5, 0.6) is 0 Å². The molecule has 1 aliphatic heterocycles. The number of nitro benzene ring substituents is 1. The molecule has 0 spiro atoms. The molecule has 0 saturated heterocycles. The van der Waals surface area contributed by atoms with Gasteiger partial charge in [-0.3, -0.25) is 39.5 Å². The minimum atomic E-state index is -0.688. The van der Waals surface area contributed by atoms with Gasteiger partial charge in [-0.25, -0.2) is 4.98 Å². The van der Waals surface area contributed by atoms with Gasteiger partial charge in [0.2, 0.25) is 5.91 Å². The fourth-order valence-corrected chi connectivity index (χ4v) is 3.75. The predicted molar refractivity (Wildman–Crippen MR) is 118 cm³/mol. The van der Waals surface area contributed by atoms with Gasteiger partial charge in [0, 0.05) is 47.9 Å². The number of nitrogens with one attached hydrogen (secondary N) is 2. The zero-order chi connectivity index (χ0) is 23.5. The average Bonchev–Trinajstić information content (AvgIpc) is 3.39. The lowest BCUT2D eigenvalue weighted by molar-refractivity contribution is -0.384. The lowest BCUT2D eigenvalue weighted by Gasteiger charge is -2.13. The Bertz CT molecular complexity index is 1290. The van der Waals surface area contributed by atoms with Gasteiger partial charge < -0.3 is 5.32 Å². The lowest BCUT2D eigenvalue weighted by atomic mass is 10.1. The van der Waals surface area contributed by atoms with Gasteiger partial charge >= 0.3 is 0 Å². The summed E-state index contributed by atoms with van der Waals surface area (Å²) in [5.74, 6) is -2.16. The third-order valence-electron chi connectivity index (χ3n) is 4.79. The van der Waals surface area contributed by atoms with Gasteiger partial charge in [-0.05, 0) is 24.3 Å². The van der Waals surface area contributed by atoms with Crippen LogP contribution in [0.4, 0.5) is 16.5 Å². The topological polar surface area (TPSA) is 152 Å². The van der Waals surface area contributed by atoms with Gasteiger partial charge in [-0.15, -0.1) is 11.3 Å².